The van der Waals surface area contributed by atoms with Gasteiger partial charge in [-0.3, -0.25) is 0 Å². The molecule has 1 heterocycles. The van der Waals surface area contributed by atoms with E-state index < -0.39 is 0 Å². The van der Waals surface area contributed by atoms with E-state index in [0.717, 1.165) is 33.5 Å². The van der Waals surface area contributed by atoms with Crippen molar-refractivity contribution in [1.29, 1.82) is 0 Å². The van der Waals surface area contributed by atoms with Crippen LogP contribution in [0.2, 0.25) is 0 Å². The minimum atomic E-state index is 0.565. The van der Waals surface area contributed by atoms with Gasteiger partial charge in [0.05, 0.1) is 26.8 Å². The third-order valence-corrected chi connectivity index (χ3v) is 5.29. The summed E-state index contributed by atoms with van der Waals surface area (Å²) in [4.78, 5) is 5.61. The van der Waals surface area contributed by atoms with E-state index in [-0.39, 0.29) is 0 Å². The van der Waals surface area contributed by atoms with E-state index in [9.17, 15) is 0 Å². The number of hydrogen-bond donors (Lipinski definition) is 2. The highest BCUT2D eigenvalue weighted by Gasteiger charge is 2.14. The highest BCUT2D eigenvalue weighted by Crippen LogP contribution is 2.41. The monoisotopic (exact) mass is 417 g/mol. The Kier molecular flexibility index (Phi) is 5.62. The predicted octanol–water partition coefficient (Wildman–Crippen LogP) is 5.67. The van der Waals surface area contributed by atoms with Gasteiger partial charge in [0.25, 0.3) is 0 Å². The fourth-order valence-corrected chi connectivity index (χ4v) is 3.71. The van der Waals surface area contributed by atoms with E-state index in [4.69, 9.17) is 14.2 Å². The third-order valence-electron chi connectivity index (χ3n) is 5.29. The maximum Gasteiger partial charge on any atom is 0.203 e. The van der Waals surface area contributed by atoms with Gasteiger partial charge in [-0.05, 0) is 23.8 Å². The largest absolute Gasteiger partial charge is 0.493 e. The van der Waals surface area contributed by atoms with Crippen LogP contribution in [-0.2, 0) is 0 Å². The van der Waals surface area contributed by atoms with Crippen LogP contribution >= 0.6 is 0 Å². The van der Waals surface area contributed by atoms with E-state index in [1.807, 2.05) is 26.2 Å². The van der Waals surface area contributed by atoms with Gasteiger partial charge in [-0.25, -0.2) is 0 Å². The molecule has 4 rings (SSSR count). The molecule has 6 heteroatoms. The van der Waals surface area contributed by atoms with Crippen molar-refractivity contribution < 1.29 is 14.2 Å². The Hall–Kier alpha value is -3.80. The van der Waals surface area contributed by atoms with Crippen LogP contribution in [0.15, 0.2) is 60.7 Å². The maximum absolute atomic E-state index is 5.46. The lowest BCUT2D eigenvalue weighted by molar-refractivity contribution is 0.324. The Bertz CT molecular complexity index is 1170. The number of benzene rings is 3. The minimum Gasteiger partial charge on any atom is -0.493 e. The van der Waals surface area contributed by atoms with Gasteiger partial charge in [0, 0.05) is 48.6 Å². The molecule has 0 aliphatic carbocycles. The molecule has 0 aliphatic rings. The number of hydrogen-bond acceptors (Lipinski definition) is 5. The van der Waals surface area contributed by atoms with Crippen LogP contribution in [-0.4, -0.2) is 40.4 Å². The number of fused-ring (bicyclic) bond motifs is 1. The Labute approximate surface area is 182 Å². The molecule has 0 radical (unpaired) electrons. The van der Waals surface area contributed by atoms with Crippen molar-refractivity contribution >= 4 is 28.1 Å². The van der Waals surface area contributed by atoms with Crippen molar-refractivity contribution in [3.05, 3.63) is 60.7 Å². The number of methoxy groups -OCH3 is 3. The molecule has 0 unspecified atom stereocenters. The van der Waals surface area contributed by atoms with Crippen LogP contribution in [0, 0.1) is 0 Å². The lowest BCUT2D eigenvalue weighted by Gasteiger charge is -2.14. The van der Waals surface area contributed by atoms with Crippen LogP contribution in [0.3, 0.4) is 0 Å². The summed E-state index contributed by atoms with van der Waals surface area (Å²) in [6, 6.07) is 20.7. The van der Waals surface area contributed by atoms with Gasteiger partial charge >= 0.3 is 0 Å². The summed E-state index contributed by atoms with van der Waals surface area (Å²) >= 11 is 0. The topological polar surface area (TPSA) is 58.8 Å². The average molecular weight is 418 g/mol. The van der Waals surface area contributed by atoms with Gasteiger partial charge in [-0.1, -0.05) is 30.3 Å². The average Bonchev–Trinajstić information content (AvgIpc) is 3.20. The van der Waals surface area contributed by atoms with E-state index in [0.29, 0.717) is 17.2 Å². The van der Waals surface area contributed by atoms with Crippen molar-refractivity contribution in [2.45, 2.75) is 0 Å². The van der Waals surface area contributed by atoms with Crippen LogP contribution in [0.4, 0.5) is 17.2 Å². The van der Waals surface area contributed by atoms with Crippen LogP contribution < -0.4 is 24.4 Å². The summed E-state index contributed by atoms with van der Waals surface area (Å²) in [5.74, 6) is 2.64. The lowest BCUT2D eigenvalue weighted by Crippen LogP contribution is -2.07. The van der Waals surface area contributed by atoms with Crippen molar-refractivity contribution in [2.24, 2.45) is 0 Å². The van der Waals surface area contributed by atoms with Crippen LogP contribution in [0.1, 0.15) is 0 Å². The molecule has 1 aromatic heterocycles. The number of aromatic nitrogens is 1. The first-order chi connectivity index (χ1) is 15.0. The maximum atomic E-state index is 5.46. The summed E-state index contributed by atoms with van der Waals surface area (Å²) < 4.78 is 16.3. The molecule has 6 nitrogen and oxygen atoms in total. The summed E-state index contributed by atoms with van der Waals surface area (Å²) in [6.45, 7) is 0. The number of nitrogens with one attached hydrogen (secondary N) is 2. The first-order valence-corrected chi connectivity index (χ1v) is 10.0. The lowest BCUT2D eigenvalue weighted by atomic mass is 10.0. The highest BCUT2D eigenvalue weighted by molar-refractivity contribution is 5.97. The molecule has 31 heavy (non-hydrogen) atoms. The van der Waals surface area contributed by atoms with E-state index in [2.05, 4.69) is 63.7 Å². The fourth-order valence-electron chi connectivity index (χ4n) is 3.71. The zero-order chi connectivity index (χ0) is 22.0. The standard InChI is InChI=1S/C25H27N3O3/c1-28(2)19-11-9-16(10-12-19)20-8-6-7-17-13-23(27-24(17)20)26-18-14-21(29-3)25(31-5)22(15-18)30-4/h6-15,26-27H,1-5H3. The molecular weight excluding hydrogens is 390 g/mol. The quantitative estimate of drug-likeness (QED) is 0.406. The molecule has 160 valence electrons. The Balaban J connectivity index is 1.70. The number of anilines is 3. The van der Waals surface area contributed by atoms with Crippen LogP contribution in [0.25, 0.3) is 22.0 Å². The van der Waals surface area contributed by atoms with Crippen molar-refractivity contribution in [2.75, 3.05) is 45.6 Å². The number of para-hydroxylation sites is 1. The number of rotatable bonds is 7. The number of aromatic amines is 1. The summed E-state index contributed by atoms with van der Waals surface area (Å²) in [5, 5.41) is 4.55. The van der Waals surface area contributed by atoms with Gasteiger partial charge in [0.15, 0.2) is 11.5 Å². The Morgan fingerprint density at radius 1 is 0.806 bits per heavy atom. The van der Waals surface area contributed by atoms with Gasteiger partial charge in [-0.2, -0.15) is 0 Å². The number of ether oxygens (including phenoxy) is 3. The third kappa shape index (κ3) is 3.97. The molecule has 0 spiro atoms. The summed E-state index contributed by atoms with van der Waals surface area (Å²) in [5.41, 5.74) is 5.40. The van der Waals surface area contributed by atoms with Gasteiger partial charge in [0.2, 0.25) is 5.75 Å². The molecule has 0 aliphatic heterocycles. The zero-order valence-electron chi connectivity index (χ0n) is 18.4. The molecule has 0 saturated carbocycles. The normalized spacial score (nSPS) is 10.7. The molecular formula is C25H27N3O3. The molecule has 0 saturated heterocycles. The summed E-state index contributed by atoms with van der Waals surface area (Å²) in [7, 11) is 8.90. The number of H-pyrrole nitrogens is 1. The van der Waals surface area contributed by atoms with E-state index in [1.165, 1.54) is 5.69 Å². The fraction of sp³-hybridized carbons (Fsp3) is 0.200. The second kappa shape index (κ2) is 8.52. The molecule has 2 N–H and O–H groups in total. The molecule has 0 amide bonds. The summed E-state index contributed by atoms with van der Waals surface area (Å²) in [6.07, 6.45) is 0. The first-order valence-electron chi connectivity index (χ1n) is 10.0. The highest BCUT2D eigenvalue weighted by atomic mass is 16.5. The van der Waals surface area contributed by atoms with Crippen molar-refractivity contribution in [1.82, 2.24) is 4.98 Å². The molecule has 0 fully saturated rings. The molecule has 0 atom stereocenters. The van der Waals surface area contributed by atoms with E-state index in [1.54, 1.807) is 21.3 Å². The zero-order valence-corrected chi connectivity index (χ0v) is 18.4. The van der Waals surface area contributed by atoms with Gasteiger partial charge in [0.1, 0.15) is 5.82 Å². The Morgan fingerprint density at radius 3 is 2.06 bits per heavy atom. The Morgan fingerprint density at radius 2 is 1.48 bits per heavy atom. The SMILES string of the molecule is COc1cc(Nc2cc3cccc(-c4ccc(N(C)C)cc4)c3[nH]2)cc(OC)c1OC. The van der Waals surface area contributed by atoms with E-state index >= 15 is 0 Å². The van der Waals surface area contributed by atoms with Crippen molar-refractivity contribution in [3.63, 3.8) is 0 Å². The number of nitrogens with zero attached hydrogens (tertiary/aromatic N) is 1. The first kappa shape index (κ1) is 20.5. The molecule has 3 aromatic carbocycles. The molecule has 4 aromatic rings. The van der Waals surface area contributed by atoms with Gasteiger partial charge < -0.3 is 29.4 Å². The molecule has 0 bridgehead atoms. The van der Waals surface area contributed by atoms with Crippen molar-refractivity contribution in [3.8, 4) is 28.4 Å². The van der Waals surface area contributed by atoms with Gasteiger partial charge in [-0.15, -0.1) is 0 Å². The second-order valence-electron chi connectivity index (χ2n) is 7.43. The van der Waals surface area contributed by atoms with Crippen LogP contribution in [0.5, 0.6) is 17.2 Å². The smallest absolute Gasteiger partial charge is 0.203 e. The second-order valence-corrected chi connectivity index (χ2v) is 7.43. The predicted molar refractivity (Wildman–Crippen MR) is 127 cm³/mol. The minimum absolute atomic E-state index is 0.565.